The molecule has 0 bridgehead atoms. The smallest absolute Gasteiger partial charge is 0.202 e. The van der Waals surface area contributed by atoms with Crippen LogP contribution < -0.4 is 0 Å². The molecule has 0 aromatic carbocycles. The summed E-state index contributed by atoms with van der Waals surface area (Å²) >= 11 is 0. The molecular weight excluding hydrogens is 216 g/mol. The third-order valence-corrected chi connectivity index (χ3v) is 1.39. The third kappa shape index (κ3) is 25.0. The lowest BCUT2D eigenvalue weighted by Gasteiger charge is -1.84. The second-order valence-corrected chi connectivity index (χ2v) is 3.07. The number of aliphatic imine (C=N–C) groups is 2. The van der Waals surface area contributed by atoms with Crippen molar-refractivity contribution in [3.8, 4) is 11.8 Å². The largest absolute Gasteiger partial charge is 0.300 e. The Hall–Kier alpha value is -1.76. The normalized spacial score (nSPS) is 9.41. The summed E-state index contributed by atoms with van der Waals surface area (Å²) in [5.74, 6) is 5.06. The number of ketones is 2. The van der Waals surface area contributed by atoms with Crippen molar-refractivity contribution in [3.63, 3.8) is 0 Å². The highest BCUT2D eigenvalue weighted by Crippen LogP contribution is 1.80. The van der Waals surface area contributed by atoms with Crippen LogP contribution in [-0.2, 0) is 9.59 Å². The quantitative estimate of drug-likeness (QED) is 0.424. The Morgan fingerprint density at radius 2 is 1.71 bits per heavy atom. The summed E-state index contributed by atoms with van der Waals surface area (Å²) in [6.07, 6.45) is 3.95. The van der Waals surface area contributed by atoms with Crippen LogP contribution in [0.3, 0.4) is 0 Å². The molecule has 0 aromatic heterocycles. The Kier molecular flexibility index (Phi) is 14.8. The standard InChI is InChI=1S/C7H9NO.C6H11NO/c1-3-8-6-4-5-7(2)9;1-3-7-5-4-6(2)8/h3H,6H2,1-2H3;3H,4-5H2,1-2H3. The molecule has 0 amide bonds. The van der Waals surface area contributed by atoms with E-state index in [9.17, 15) is 9.59 Å². The van der Waals surface area contributed by atoms with Crippen molar-refractivity contribution >= 4 is 24.0 Å². The zero-order valence-electron chi connectivity index (χ0n) is 11.0. The van der Waals surface area contributed by atoms with Gasteiger partial charge in [0.2, 0.25) is 5.78 Å². The van der Waals surface area contributed by atoms with Crippen LogP contribution in [0.5, 0.6) is 0 Å². The van der Waals surface area contributed by atoms with Gasteiger partial charge in [-0.25, -0.2) is 0 Å². The summed E-state index contributed by atoms with van der Waals surface area (Å²) in [5, 5.41) is 0. The highest BCUT2D eigenvalue weighted by molar-refractivity contribution is 5.93. The lowest BCUT2D eigenvalue weighted by atomic mass is 10.3. The van der Waals surface area contributed by atoms with Gasteiger partial charge in [0.25, 0.3) is 0 Å². The molecule has 4 heteroatoms. The highest BCUT2D eigenvalue weighted by Gasteiger charge is 1.86. The average molecular weight is 236 g/mol. The lowest BCUT2D eigenvalue weighted by molar-refractivity contribution is -0.116. The van der Waals surface area contributed by atoms with Gasteiger partial charge in [-0.2, -0.15) is 0 Å². The van der Waals surface area contributed by atoms with Crippen LogP contribution in [0, 0.1) is 11.8 Å². The van der Waals surface area contributed by atoms with Gasteiger partial charge >= 0.3 is 0 Å². The van der Waals surface area contributed by atoms with Crippen molar-refractivity contribution in [2.75, 3.05) is 13.1 Å². The minimum Gasteiger partial charge on any atom is -0.300 e. The van der Waals surface area contributed by atoms with Gasteiger partial charge in [0, 0.05) is 19.9 Å². The van der Waals surface area contributed by atoms with E-state index >= 15 is 0 Å². The molecule has 94 valence electrons. The topological polar surface area (TPSA) is 58.9 Å². The number of carbonyl (C=O) groups is 2. The SMILES string of the molecule is CC=NCC#CC(C)=O.CC=NCCC(C)=O. The maximum atomic E-state index is 10.2. The molecule has 0 radical (unpaired) electrons. The van der Waals surface area contributed by atoms with Crippen LogP contribution in [0.15, 0.2) is 9.98 Å². The van der Waals surface area contributed by atoms with Gasteiger partial charge in [-0.05, 0) is 39.1 Å². The van der Waals surface area contributed by atoms with E-state index in [1.54, 1.807) is 19.4 Å². The fourth-order valence-electron chi connectivity index (χ4n) is 0.652. The zero-order chi connectivity index (χ0) is 13.5. The van der Waals surface area contributed by atoms with Crippen LogP contribution in [0.1, 0.15) is 34.1 Å². The van der Waals surface area contributed by atoms with Crippen molar-refractivity contribution in [2.45, 2.75) is 34.1 Å². The maximum absolute atomic E-state index is 10.2. The Labute approximate surface area is 103 Å². The van der Waals surface area contributed by atoms with Crippen LogP contribution >= 0.6 is 0 Å². The summed E-state index contributed by atoms with van der Waals surface area (Å²) < 4.78 is 0. The van der Waals surface area contributed by atoms with E-state index in [1.807, 2.05) is 13.8 Å². The molecule has 0 atom stereocenters. The summed E-state index contributed by atoms with van der Waals surface area (Å²) in [4.78, 5) is 28.1. The molecule has 4 nitrogen and oxygen atoms in total. The van der Waals surface area contributed by atoms with E-state index in [0.29, 0.717) is 19.5 Å². The van der Waals surface area contributed by atoms with Crippen LogP contribution in [0.4, 0.5) is 0 Å². The molecule has 0 fully saturated rings. The number of nitrogens with zero attached hydrogens (tertiary/aromatic N) is 2. The predicted molar refractivity (Wildman–Crippen MR) is 71.8 cm³/mol. The molecule has 0 spiro atoms. The highest BCUT2D eigenvalue weighted by atomic mass is 16.1. The van der Waals surface area contributed by atoms with E-state index in [1.165, 1.54) is 6.92 Å². The van der Waals surface area contributed by atoms with Gasteiger partial charge in [0.15, 0.2) is 0 Å². The monoisotopic (exact) mass is 236 g/mol. The predicted octanol–water partition coefficient (Wildman–Crippen LogP) is 1.73. The summed E-state index contributed by atoms with van der Waals surface area (Å²) in [7, 11) is 0. The molecule has 0 N–H and O–H groups in total. The van der Waals surface area contributed by atoms with Crippen molar-refractivity contribution in [2.24, 2.45) is 9.98 Å². The molecule has 17 heavy (non-hydrogen) atoms. The van der Waals surface area contributed by atoms with Gasteiger partial charge in [-0.15, -0.1) is 0 Å². The van der Waals surface area contributed by atoms with Crippen molar-refractivity contribution in [3.05, 3.63) is 0 Å². The molecule has 0 aliphatic rings. The first-order valence-corrected chi connectivity index (χ1v) is 5.42. The van der Waals surface area contributed by atoms with Crippen molar-refractivity contribution in [1.82, 2.24) is 0 Å². The van der Waals surface area contributed by atoms with Gasteiger partial charge in [-0.1, -0.05) is 5.92 Å². The van der Waals surface area contributed by atoms with Crippen molar-refractivity contribution in [1.29, 1.82) is 0 Å². The molecule has 0 unspecified atom stereocenters. The van der Waals surface area contributed by atoms with Crippen LogP contribution in [0.2, 0.25) is 0 Å². The molecular formula is C13H20N2O2. The number of Topliss-reactive ketones (excluding diaryl/α,β-unsaturated/α-hetero) is 2. The number of hydrogen-bond acceptors (Lipinski definition) is 4. The Balaban J connectivity index is 0. The molecule has 0 saturated heterocycles. The first-order valence-electron chi connectivity index (χ1n) is 5.42. The Bertz CT molecular complexity index is 333. The number of carbonyl (C=O) groups excluding carboxylic acids is 2. The van der Waals surface area contributed by atoms with Gasteiger partial charge in [0.1, 0.15) is 5.78 Å². The molecule has 0 saturated carbocycles. The molecule has 0 aromatic rings. The third-order valence-electron chi connectivity index (χ3n) is 1.39. The molecule has 0 aliphatic heterocycles. The first kappa shape index (κ1) is 17.6. The lowest BCUT2D eigenvalue weighted by Crippen LogP contribution is -1.91. The van der Waals surface area contributed by atoms with E-state index in [-0.39, 0.29) is 11.6 Å². The second-order valence-electron chi connectivity index (χ2n) is 3.07. The molecule has 0 aliphatic carbocycles. The van der Waals surface area contributed by atoms with E-state index in [2.05, 4.69) is 21.8 Å². The summed E-state index contributed by atoms with van der Waals surface area (Å²) in [5.41, 5.74) is 0. The van der Waals surface area contributed by atoms with Crippen molar-refractivity contribution < 1.29 is 9.59 Å². The minimum atomic E-state index is -0.110. The van der Waals surface area contributed by atoms with Gasteiger partial charge in [0.05, 0.1) is 6.54 Å². The first-order chi connectivity index (χ1) is 8.04. The number of hydrogen-bond donors (Lipinski definition) is 0. The second kappa shape index (κ2) is 14.2. The average Bonchev–Trinajstić information content (AvgIpc) is 2.25. The summed E-state index contributed by atoms with van der Waals surface area (Å²) in [6.45, 7) is 7.74. The maximum Gasteiger partial charge on any atom is 0.202 e. The van der Waals surface area contributed by atoms with E-state index in [4.69, 9.17) is 0 Å². The Morgan fingerprint density at radius 3 is 2.12 bits per heavy atom. The fourth-order valence-corrected chi connectivity index (χ4v) is 0.652. The van der Waals surface area contributed by atoms with Gasteiger partial charge < -0.3 is 0 Å². The van der Waals surface area contributed by atoms with Gasteiger partial charge in [-0.3, -0.25) is 19.6 Å². The minimum absolute atomic E-state index is 0.110. The van der Waals surface area contributed by atoms with E-state index < -0.39 is 0 Å². The summed E-state index contributed by atoms with van der Waals surface area (Å²) in [6, 6.07) is 0. The fraction of sp³-hybridized carbons (Fsp3) is 0.538. The van der Waals surface area contributed by atoms with Crippen LogP contribution in [-0.4, -0.2) is 37.1 Å². The Morgan fingerprint density at radius 1 is 1.12 bits per heavy atom. The van der Waals surface area contributed by atoms with Crippen LogP contribution in [0.25, 0.3) is 0 Å². The van der Waals surface area contributed by atoms with E-state index in [0.717, 1.165) is 0 Å². The number of rotatable bonds is 4. The molecule has 0 rings (SSSR count). The molecule has 0 heterocycles. The zero-order valence-corrected chi connectivity index (χ0v) is 11.0.